The fraction of sp³-hybridized carbons (Fsp3) is 0.0141. The van der Waals surface area contributed by atoms with Gasteiger partial charge in [-0.15, -0.1) is 0 Å². The molecule has 13 rings (SSSR count). The van der Waals surface area contributed by atoms with Gasteiger partial charge in [-0.3, -0.25) is 0 Å². The lowest BCUT2D eigenvalue weighted by Crippen LogP contribution is -2.28. The van der Waals surface area contributed by atoms with Crippen molar-refractivity contribution in [2.24, 2.45) is 0 Å². The van der Waals surface area contributed by atoms with Crippen molar-refractivity contribution >= 4 is 44.9 Å². The summed E-state index contributed by atoms with van der Waals surface area (Å²) in [7, 11) is 0. The number of hydrogen-bond acceptors (Lipinski definition) is 2. The molecule has 12 aromatic carbocycles. The van der Waals surface area contributed by atoms with Crippen LogP contribution in [-0.2, 0) is 5.41 Å². The highest BCUT2D eigenvalue weighted by molar-refractivity contribution is 6.05. The van der Waals surface area contributed by atoms with Gasteiger partial charge in [-0.2, -0.15) is 0 Å². The topological polar surface area (TPSA) is 6.48 Å². The molecule has 0 heterocycles. The van der Waals surface area contributed by atoms with E-state index in [0.29, 0.717) is 0 Å². The zero-order valence-electron chi connectivity index (χ0n) is 40.3. The minimum absolute atomic E-state index is 0.588. The van der Waals surface area contributed by atoms with Gasteiger partial charge in [0.1, 0.15) is 0 Å². The summed E-state index contributed by atoms with van der Waals surface area (Å²) in [4.78, 5) is 4.91. The van der Waals surface area contributed by atoms with Crippen molar-refractivity contribution in [2.45, 2.75) is 5.41 Å². The zero-order chi connectivity index (χ0) is 48.6. The molecular weight excluding hydrogens is 881 g/mol. The van der Waals surface area contributed by atoms with Gasteiger partial charge in [0.25, 0.3) is 0 Å². The van der Waals surface area contributed by atoms with Crippen molar-refractivity contribution in [1.29, 1.82) is 0 Å². The van der Waals surface area contributed by atoms with Gasteiger partial charge >= 0.3 is 0 Å². The normalized spacial score (nSPS) is 12.2. The molecule has 0 saturated carbocycles. The Kier molecular flexibility index (Phi) is 11.1. The van der Waals surface area contributed by atoms with Crippen LogP contribution < -0.4 is 9.80 Å². The lowest BCUT2D eigenvalue weighted by molar-refractivity contribution is 0.768. The van der Waals surface area contributed by atoms with E-state index in [1.54, 1.807) is 0 Å². The summed E-state index contributed by atoms with van der Waals surface area (Å²) >= 11 is 0. The molecule has 0 amide bonds. The number of rotatable bonds is 11. The van der Waals surface area contributed by atoms with E-state index >= 15 is 0 Å². The van der Waals surface area contributed by atoms with Crippen LogP contribution in [0, 0.1) is 0 Å². The van der Waals surface area contributed by atoms with E-state index in [-0.39, 0.29) is 0 Å². The standard InChI is InChI=1S/C71H50N2/c1-7-25-51(26-8-1)62-38-22-24-42-69(62)73(59-44-46-66-65-40-21-23-41-67(65)71(68(66)50-59,55-30-11-3-12-31-55)56-32-13-4-14-33-56)61-48-54(47-60(49-61)72(57-34-15-5-16-35-57)58-36-17-6-18-37-58)64-45-43-52-27-19-20-39-63(52)70(64)53-28-9-2-10-29-53/h1-50H. The highest BCUT2D eigenvalue weighted by atomic mass is 15.2. The molecule has 1 aliphatic carbocycles. The number of para-hydroxylation sites is 3. The SMILES string of the molecule is c1ccc(-c2ccccc2N(c2cc(-c3ccc4ccccc4c3-c3ccccc3)cc(N(c3ccccc3)c3ccccc3)c2)c2ccc3c(c2)C(c2ccccc2)(c2ccccc2)c2ccccc2-3)cc1. The van der Waals surface area contributed by atoms with Crippen molar-refractivity contribution in [3.63, 3.8) is 0 Å². The minimum Gasteiger partial charge on any atom is -0.310 e. The monoisotopic (exact) mass is 930 g/mol. The van der Waals surface area contributed by atoms with Crippen LogP contribution in [0.15, 0.2) is 303 Å². The molecule has 0 unspecified atom stereocenters. The first-order chi connectivity index (χ1) is 36.2. The Morgan fingerprint density at radius 1 is 0.247 bits per heavy atom. The maximum atomic E-state index is 2.51. The number of nitrogens with zero attached hydrogens (tertiary/aromatic N) is 2. The van der Waals surface area contributed by atoms with Gasteiger partial charge in [-0.25, -0.2) is 0 Å². The molecule has 2 nitrogen and oxygen atoms in total. The summed E-state index contributed by atoms with van der Waals surface area (Å²) in [5.74, 6) is 0. The third kappa shape index (κ3) is 7.60. The minimum atomic E-state index is -0.588. The smallest absolute Gasteiger partial charge is 0.0714 e. The Labute approximate surface area is 428 Å². The molecule has 73 heavy (non-hydrogen) atoms. The predicted octanol–water partition coefficient (Wildman–Crippen LogP) is 19.1. The lowest BCUT2D eigenvalue weighted by atomic mass is 9.67. The Balaban J connectivity index is 1.14. The van der Waals surface area contributed by atoms with E-state index in [4.69, 9.17) is 0 Å². The van der Waals surface area contributed by atoms with Crippen molar-refractivity contribution < 1.29 is 0 Å². The molecule has 0 saturated heterocycles. The van der Waals surface area contributed by atoms with E-state index in [1.807, 2.05) is 0 Å². The summed E-state index contributed by atoms with van der Waals surface area (Å²) in [6, 6.07) is 111. The highest BCUT2D eigenvalue weighted by Crippen LogP contribution is 2.58. The fourth-order valence-corrected chi connectivity index (χ4v) is 11.6. The van der Waals surface area contributed by atoms with Crippen LogP contribution in [0.4, 0.5) is 34.1 Å². The maximum absolute atomic E-state index is 2.51. The number of hydrogen-bond donors (Lipinski definition) is 0. The van der Waals surface area contributed by atoms with Gasteiger partial charge < -0.3 is 9.80 Å². The second-order valence-electron chi connectivity index (χ2n) is 18.8. The van der Waals surface area contributed by atoms with E-state index in [2.05, 4.69) is 313 Å². The van der Waals surface area contributed by atoms with Crippen LogP contribution in [0.25, 0.3) is 55.3 Å². The molecule has 0 fully saturated rings. The summed E-state index contributed by atoms with van der Waals surface area (Å²) < 4.78 is 0. The molecule has 12 aromatic rings. The van der Waals surface area contributed by atoms with Crippen LogP contribution >= 0.6 is 0 Å². The zero-order valence-corrected chi connectivity index (χ0v) is 40.3. The van der Waals surface area contributed by atoms with Crippen molar-refractivity contribution in [3.05, 3.63) is 326 Å². The molecule has 0 spiro atoms. The summed E-state index contributed by atoms with van der Waals surface area (Å²) in [5.41, 5.74) is 20.2. The number of anilines is 6. The largest absolute Gasteiger partial charge is 0.310 e. The van der Waals surface area contributed by atoms with Crippen LogP contribution in [0.3, 0.4) is 0 Å². The van der Waals surface area contributed by atoms with Crippen molar-refractivity contribution in [1.82, 2.24) is 0 Å². The van der Waals surface area contributed by atoms with Gasteiger partial charge in [0, 0.05) is 34.0 Å². The molecule has 0 atom stereocenters. The third-order valence-corrected chi connectivity index (χ3v) is 14.7. The van der Waals surface area contributed by atoms with Crippen LogP contribution in [0.5, 0.6) is 0 Å². The summed E-state index contributed by atoms with van der Waals surface area (Å²) in [6.45, 7) is 0. The van der Waals surface area contributed by atoms with Crippen molar-refractivity contribution in [3.8, 4) is 44.5 Å². The Bertz CT molecular complexity index is 3810. The molecule has 0 bridgehead atoms. The van der Waals surface area contributed by atoms with Gasteiger partial charge in [-0.05, 0) is 133 Å². The van der Waals surface area contributed by atoms with Gasteiger partial charge in [0.2, 0.25) is 0 Å². The molecule has 1 aliphatic rings. The molecular formula is C71H50N2. The van der Waals surface area contributed by atoms with Crippen LogP contribution in [0.2, 0.25) is 0 Å². The quantitative estimate of drug-likeness (QED) is 0.128. The molecule has 344 valence electrons. The first-order valence-electron chi connectivity index (χ1n) is 25.2. The van der Waals surface area contributed by atoms with E-state index in [0.717, 1.165) is 56.4 Å². The summed E-state index contributed by atoms with van der Waals surface area (Å²) in [5, 5.41) is 2.42. The molecule has 2 heteroatoms. The Morgan fingerprint density at radius 2 is 0.726 bits per heavy atom. The Morgan fingerprint density at radius 3 is 1.37 bits per heavy atom. The molecule has 0 aromatic heterocycles. The van der Waals surface area contributed by atoms with E-state index in [9.17, 15) is 0 Å². The number of fused-ring (bicyclic) bond motifs is 4. The molecule has 0 aliphatic heterocycles. The highest BCUT2D eigenvalue weighted by Gasteiger charge is 2.46. The maximum Gasteiger partial charge on any atom is 0.0714 e. The fourth-order valence-electron chi connectivity index (χ4n) is 11.6. The first kappa shape index (κ1) is 43.5. The number of benzene rings is 12. The second-order valence-corrected chi connectivity index (χ2v) is 18.8. The van der Waals surface area contributed by atoms with E-state index < -0.39 is 5.41 Å². The third-order valence-electron chi connectivity index (χ3n) is 14.7. The average molecular weight is 931 g/mol. The van der Waals surface area contributed by atoms with Gasteiger partial charge in [0.15, 0.2) is 0 Å². The second kappa shape index (κ2) is 18.7. The van der Waals surface area contributed by atoms with E-state index in [1.165, 1.54) is 55.3 Å². The first-order valence-corrected chi connectivity index (χ1v) is 25.2. The van der Waals surface area contributed by atoms with Crippen molar-refractivity contribution in [2.75, 3.05) is 9.80 Å². The molecule has 0 radical (unpaired) electrons. The molecule has 0 N–H and O–H groups in total. The summed E-state index contributed by atoms with van der Waals surface area (Å²) in [6.07, 6.45) is 0. The van der Waals surface area contributed by atoms with Gasteiger partial charge in [0.05, 0.1) is 11.1 Å². The average Bonchev–Trinajstić information content (AvgIpc) is 3.77. The lowest BCUT2D eigenvalue weighted by Gasteiger charge is -2.35. The van der Waals surface area contributed by atoms with Crippen LogP contribution in [0.1, 0.15) is 22.3 Å². The predicted molar refractivity (Wildman–Crippen MR) is 307 cm³/mol. The van der Waals surface area contributed by atoms with Gasteiger partial charge in [-0.1, -0.05) is 243 Å². The van der Waals surface area contributed by atoms with Crippen LogP contribution in [-0.4, -0.2) is 0 Å². The Hall–Kier alpha value is -9.50.